The number of rotatable bonds is 8. The van der Waals surface area contributed by atoms with Crippen LogP contribution in [0.4, 0.5) is 20.2 Å². The van der Waals surface area contributed by atoms with Crippen molar-refractivity contribution in [3.05, 3.63) is 93.7 Å². The van der Waals surface area contributed by atoms with E-state index in [4.69, 9.17) is 27.9 Å². The first-order valence-electron chi connectivity index (χ1n) is 10.9. The Hall–Kier alpha value is -3.67. The number of amides is 1. The van der Waals surface area contributed by atoms with E-state index in [1.165, 1.54) is 48.7 Å². The number of halogens is 4. The molecule has 2 heterocycles. The molecule has 0 saturated carbocycles. The maximum Gasteiger partial charge on any atom is 0.257 e. The van der Waals surface area contributed by atoms with E-state index >= 15 is 0 Å². The summed E-state index contributed by atoms with van der Waals surface area (Å²) in [5.41, 5.74) is 1.70. The molecule has 0 saturated heterocycles. The largest absolute Gasteiger partial charge is 0.486 e. The smallest absolute Gasteiger partial charge is 0.257 e. The fourth-order valence-corrected chi connectivity index (χ4v) is 4.55. The van der Waals surface area contributed by atoms with Gasteiger partial charge in [0.1, 0.15) is 23.9 Å². The summed E-state index contributed by atoms with van der Waals surface area (Å²) in [5, 5.41) is 3.16. The predicted octanol–water partition coefficient (Wildman–Crippen LogP) is 5.87. The maximum atomic E-state index is 14.0. The Morgan fingerprint density at radius 3 is 2.53 bits per heavy atom. The van der Waals surface area contributed by atoms with E-state index in [2.05, 4.69) is 15.0 Å². The number of hydrogen-bond donors (Lipinski definition) is 2. The lowest BCUT2D eigenvalue weighted by Gasteiger charge is -2.12. The number of nitrogens with one attached hydrogen (secondary N) is 2. The second kappa shape index (κ2) is 11.0. The first-order valence-corrected chi connectivity index (χ1v) is 13.5. The van der Waals surface area contributed by atoms with Crippen LogP contribution >= 0.6 is 23.2 Å². The second-order valence-corrected chi connectivity index (χ2v) is 10.9. The molecule has 4 rings (SSSR count). The molecule has 8 nitrogen and oxygen atoms in total. The summed E-state index contributed by atoms with van der Waals surface area (Å²) in [6.45, 7) is -0.148. The highest BCUT2D eigenvalue weighted by molar-refractivity contribution is 7.92. The molecule has 2 aromatic heterocycles. The van der Waals surface area contributed by atoms with E-state index < -0.39 is 27.6 Å². The van der Waals surface area contributed by atoms with Crippen LogP contribution in [0, 0.1) is 11.6 Å². The summed E-state index contributed by atoms with van der Waals surface area (Å²) in [4.78, 5) is 17.1. The third-order valence-electron chi connectivity index (χ3n) is 5.18. The van der Waals surface area contributed by atoms with E-state index in [0.717, 1.165) is 18.5 Å². The molecule has 4 aromatic rings. The number of carbonyl (C=O) groups is 1. The van der Waals surface area contributed by atoms with Crippen LogP contribution in [-0.2, 0) is 23.7 Å². The highest BCUT2D eigenvalue weighted by atomic mass is 35.5. The van der Waals surface area contributed by atoms with Gasteiger partial charge in [0.2, 0.25) is 10.0 Å². The van der Waals surface area contributed by atoms with Gasteiger partial charge >= 0.3 is 0 Å². The van der Waals surface area contributed by atoms with Crippen LogP contribution in [0.1, 0.15) is 15.9 Å². The van der Waals surface area contributed by atoms with Crippen molar-refractivity contribution in [1.82, 2.24) is 9.55 Å². The zero-order valence-corrected chi connectivity index (χ0v) is 22.3. The zero-order valence-electron chi connectivity index (χ0n) is 19.9. The number of hydrogen-bond acceptors (Lipinski definition) is 5. The molecule has 1 amide bonds. The molecule has 13 heteroatoms. The van der Waals surface area contributed by atoms with Gasteiger partial charge in [0.15, 0.2) is 5.75 Å². The van der Waals surface area contributed by atoms with E-state index in [1.54, 1.807) is 11.6 Å². The summed E-state index contributed by atoms with van der Waals surface area (Å²) in [6, 6.07) is 10.8. The van der Waals surface area contributed by atoms with Crippen molar-refractivity contribution < 1.29 is 26.7 Å². The Labute approximate surface area is 227 Å². The molecule has 2 aromatic carbocycles. The molecule has 0 aliphatic carbocycles. The zero-order chi connectivity index (χ0) is 27.6. The fraction of sp³-hybridized carbons (Fsp3) is 0.120. The quantitative estimate of drug-likeness (QED) is 0.271. The minimum absolute atomic E-state index is 0.0600. The molecule has 2 N–H and O–H groups in total. The molecule has 0 atom stereocenters. The van der Waals surface area contributed by atoms with Crippen molar-refractivity contribution in [3.63, 3.8) is 0 Å². The number of anilines is 2. The van der Waals surface area contributed by atoms with Crippen molar-refractivity contribution in [2.75, 3.05) is 16.3 Å². The summed E-state index contributed by atoms with van der Waals surface area (Å²) >= 11 is 12.2. The van der Waals surface area contributed by atoms with Crippen molar-refractivity contribution in [1.29, 1.82) is 0 Å². The van der Waals surface area contributed by atoms with Crippen molar-refractivity contribution in [2.45, 2.75) is 6.61 Å². The van der Waals surface area contributed by atoms with Gasteiger partial charge < -0.3 is 14.6 Å². The van der Waals surface area contributed by atoms with E-state index in [0.29, 0.717) is 11.3 Å². The molecule has 0 radical (unpaired) electrons. The SMILES string of the molecule is Cn1cc(C(=O)Nc2cc(Cl)cc(NS(C)(=O)=O)c2)cc1-c1ncc(F)cc1OCc1cc(F)ccc1Cl. The third kappa shape index (κ3) is 6.80. The van der Waals surface area contributed by atoms with E-state index in [1.807, 2.05) is 0 Å². The molecular formula is C25H20Cl2F2N4O4S. The summed E-state index contributed by atoms with van der Waals surface area (Å²) < 4.78 is 60.4. The van der Waals surface area contributed by atoms with Crippen molar-refractivity contribution >= 4 is 50.5 Å². The van der Waals surface area contributed by atoms with Crippen molar-refractivity contribution in [2.24, 2.45) is 7.05 Å². The predicted molar refractivity (Wildman–Crippen MR) is 142 cm³/mol. The molecule has 0 aliphatic rings. The van der Waals surface area contributed by atoms with E-state index in [9.17, 15) is 22.0 Å². The number of pyridine rings is 1. The van der Waals surface area contributed by atoms with Gasteiger partial charge in [0.25, 0.3) is 5.91 Å². The lowest BCUT2D eigenvalue weighted by Crippen LogP contribution is -2.13. The lowest BCUT2D eigenvalue weighted by atomic mass is 10.2. The number of benzene rings is 2. The molecule has 0 aliphatic heterocycles. The van der Waals surface area contributed by atoms with Gasteiger partial charge in [-0.1, -0.05) is 23.2 Å². The minimum Gasteiger partial charge on any atom is -0.486 e. The Balaban J connectivity index is 1.59. The molecule has 198 valence electrons. The number of aryl methyl sites for hydroxylation is 1. The van der Waals surface area contributed by atoms with Gasteiger partial charge in [-0.05, 0) is 42.5 Å². The summed E-state index contributed by atoms with van der Waals surface area (Å²) in [6.07, 6.45) is 3.53. The average Bonchev–Trinajstić information content (AvgIpc) is 3.19. The maximum absolute atomic E-state index is 14.0. The van der Waals surface area contributed by atoms with E-state index in [-0.39, 0.29) is 45.0 Å². The molecule has 0 bridgehead atoms. The van der Waals surface area contributed by atoms with Crippen molar-refractivity contribution in [3.8, 4) is 17.1 Å². The molecule has 0 fully saturated rings. The fourth-order valence-electron chi connectivity index (χ4n) is 3.59. The number of aromatic nitrogens is 2. The minimum atomic E-state index is -3.55. The van der Waals surface area contributed by atoms with Crippen LogP contribution in [0.15, 0.2) is 60.9 Å². The van der Waals surface area contributed by atoms with Crippen LogP contribution in [-0.4, -0.2) is 30.1 Å². The Morgan fingerprint density at radius 2 is 1.79 bits per heavy atom. The number of nitrogens with zero attached hydrogens (tertiary/aromatic N) is 2. The summed E-state index contributed by atoms with van der Waals surface area (Å²) in [5.74, 6) is -1.61. The van der Waals surface area contributed by atoms with Gasteiger partial charge in [0.05, 0.1) is 29.4 Å². The van der Waals surface area contributed by atoms with Crippen LogP contribution in [0.25, 0.3) is 11.4 Å². The molecule has 0 spiro atoms. The van der Waals surface area contributed by atoms with Crippen LogP contribution < -0.4 is 14.8 Å². The third-order valence-corrected chi connectivity index (χ3v) is 6.37. The van der Waals surface area contributed by atoms with Gasteiger partial charge in [-0.25, -0.2) is 22.2 Å². The molecular weight excluding hydrogens is 561 g/mol. The van der Waals surface area contributed by atoms with Gasteiger partial charge in [-0.2, -0.15) is 0 Å². The Morgan fingerprint density at radius 1 is 1.05 bits per heavy atom. The normalized spacial score (nSPS) is 11.3. The van der Waals surface area contributed by atoms with Gasteiger partial charge in [0, 0.05) is 40.6 Å². The first kappa shape index (κ1) is 27.4. The van der Waals surface area contributed by atoms with Gasteiger partial charge in [-0.15, -0.1) is 0 Å². The van der Waals surface area contributed by atoms with Crippen LogP contribution in [0.5, 0.6) is 5.75 Å². The second-order valence-electron chi connectivity index (χ2n) is 8.31. The topological polar surface area (TPSA) is 102 Å². The number of ether oxygens (including phenoxy) is 1. The Kier molecular flexibility index (Phi) is 7.91. The molecule has 0 unspecified atom stereocenters. The standard InChI is InChI=1S/C25H20Cl2F2N4O4S/c1-33-12-14(25(34)31-19-7-16(26)8-20(10-19)32-38(2,35)36)6-22(33)24-23(9-18(29)11-30-24)37-13-15-5-17(28)3-4-21(15)27/h3-12,32H,13H2,1-2H3,(H,31,34). The van der Waals surface area contributed by atoms with Crippen LogP contribution in [0.3, 0.4) is 0 Å². The first-order chi connectivity index (χ1) is 17.9. The average molecular weight is 581 g/mol. The van der Waals surface area contributed by atoms with Gasteiger partial charge in [-0.3, -0.25) is 9.52 Å². The van der Waals surface area contributed by atoms with Crippen LogP contribution in [0.2, 0.25) is 10.0 Å². The lowest BCUT2D eigenvalue weighted by molar-refractivity contribution is 0.102. The monoisotopic (exact) mass is 580 g/mol. The Bertz CT molecular complexity index is 1640. The highest BCUT2D eigenvalue weighted by Gasteiger charge is 2.18. The number of carbonyl (C=O) groups excluding carboxylic acids is 1. The number of sulfonamides is 1. The molecule has 38 heavy (non-hydrogen) atoms. The summed E-state index contributed by atoms with van der Waals surface area (Å²) in [7, 11) is -1.89. The highest BCUT2D eigenvalue weighted by Crippen LogP contribution is 2.31.